The number of hydrogen-bond acceptors (Lipinski definition) is 1. The van der Waals surface area contributed by atoms with Gasteiger partial charge in [0.2, 0.25) is 0 Å². The number of alkyl halides is 3. The maximum atomic E-state index is 12.7. The summed E-state index contributed by atoms with van der Waals surface area (Å²) in [6.45, 7) is -0.400. The van der Waals surface area contributed by atoms with Crippen molar-refractivity contribution in [1.29, 1.82) is 0 Å². The lowest BCUT2D eigenvalue weighted by molar-refractivity contribution is -0.148. The number of nitrogens with one attached hydrogen (secondary N) is 1. The quantitative estimate of drug-likeness (QED) is 0.808. The van der Waals surface area contributed by atoms with Gasteiger partial charge in [0.15, 0.2) is 0 Å². The molecule has 0 amide bonds. The average Bonchev–Trinajstić information content (AvgIpc) is 2.59. The minimum absolute atomic E-state index is 0.224. The number of nitrogens with two attached hydrogens (primary N) is 1. The van der Waals surface area contributed by atoms with Gasteiger partial charge in [-0.05, 0) is 37.3 Å². The number of aryl methyl sites for hydroxylation is 2. The van der Waals surface area contributed by atoms with Gasteiger partial charge in [-0.15, -0.1) is 0 Å². The number of hydrogen-bond donors (Lipinski definition) is 2. The third kappa shape index (κ3) is 2.09. The summed E-state index contributed by atoms with van der Waals surface area (Å²) < 4.78 is 38.0. The number of H-pyrrole nitrogens is 1. The Bertz CT molecular complexity index is 344. The molecule has 2 nitrogen and oxygen atoms in total. The van der Waals surface area contributed by atoms with E-state index < -0.39 is 18.6 Å². The summed E-state index contributed by atoms with van der Waals surface area (Å²) >= 11 is 0. The second-order valence-corrected chi connectivity index (χ2v) is 4.27. The molecule has 0 aliphatic heterocycles. The van der Waals surface area contributed by atoms with Gasteiger partial charge in [-0.2, -0.15) is 13.2 Å². The topological polar surface area (TPSA) is 41.8 Å². The van der Waals surface area contributed by atoms with Crippen molar-refractivity contribution in [1.82, 2.24) is 4.98 Å². The Balaban J connectivity index is 2.29. The van der Waals surface area contributed by atoms with Crippen molar-refractivity contribution in [2.75, 3.05) is 6.54 Å². The van der Waals surface area contributed by atoms with Crippen LogP contribution in [0.25, 0.3) is 0 Å². The molecular weight excluding hydrogens is 217 g/mol. The van der Waals surface area contributed by atoms with Gasteiger partial charge in [0, 0.05) is 17.9 Å². The second-order valence-electron chi connectivity index (χ2n) is 4.27. The molecule has 16 heavy (non-hydrogen) atoms. The molecule has 5 heteroatoms. The highest BCUT2D eigenvalue weighted by Crippen LogP contribution is 2.35. The standard InChI is InChI=1S/C11H15F3N2/c12-11(13,14)8(6-15)10-5-7-3-1-2-4-9(7)16-10/h5,8,16H,1-4,6,15H2. The lowest BCUT2D eigenvalue weighted by Gasteiger charge is -2.16. The van der Waals surface area contributed by atoms with Crippen molar-refractivity contribution in [3.05, 3.63) is 23.0 Å². The fourth-order valence-electron chi connectivity index (χ4n) is 2.25. The smallest absolute Gasteiger partial charge is 0.361 e. The third-order valence-corrected chi connectivity index (χ3v) is 3.14. The Morgan fingerprint density at radius 2 is 2.00 bits per heavy atom. The van der Waals surface area contributed by atoms with Gasteiger partial charge in [-0.1, -0.05) is 0 Å². The maximum Gasteiger partial charge on any atom is 0.398 e. The summed E-state index contributed by atoms with van der Waals surface area (Å²) in [6.07, 6.45) is -0.427. The first-order valence-electron chi connectivity index (χ1n) is 5.50. The molecule has 0 saturated carbocycles. The van der Waals surface area contributed by atoms with E-state index in [-0.39, 0.29) is 5.69 Å². The van der Waals surface area contributed by atoms with Crippen LogP contribution in [-0.4, -0.2) is 17.7 Å². The van der Waals surface area contributed by atoms with Gasteiger partial charge in [0.25, 0.3) is 0 Å². The number of aromatic amines is 1. The van der Waals surface area contributed by atoms with E-state index in [1.54, 1.807) is 6.07 Å². The van der Waals surface area contributed by atoms with Gasteiger partial charge in [0.05, 0.1) is 0 Å². The highest BCUT2D eigenvalue weighted by molar-refractivity contribution is 5.30. The van der Waals surface area contributed by atoms with Crippen molar-refractivity contribution in [3.8, 4) is 0 Å². The average molecular weight is 232 g/mol. The normalized spacial score (nSPS) is 18.2. The summed E-state index contributed by atoms with van der Waals surface area (Å²) in [7, 11) is 0. The van der Waals surface area contributed by atoms with Crippen LogP contribution in [0.1, 0.15) is 35.7 Å². The molecule has 0 spiro atoms. The molecule has 1 atom stereocenters. The van der Waals surface area contributed by atoms with Gasteiger partial charge in [-0.3, -0.25) is 0 Å². The van der Waals surface area contributed by atoms with E-state index in [2.05, 4.69) is 4.98 Å². The molecule has 0 saturated heterocycles. The Labute approximate surface area is 92.0 Å². The predicted molar refractivity (Wildman–Crippen MR) is 55.3 cm³/mol. The van der Waals surface area contributed by atoms with Gasteiger partial charge in [0.1, 0.15) is 5.92 Å². The monoisotopic (exact) mass is 232 g/mol. The number of fused-ring (bicyclic) bond motifs is 1. The summed E-state index contributed by atoms with van der Waals surface area (Å²) in [5, 5.41) is 0. The molecule has 1 aromatic heterocycles. The molecule has 1 aromatic rings. The number of aromatic nitrogens is 1. The van der Waals surface area contributed by atoms with Crippen LogP contribution in [0.5, 0.6) is 0 Å². The molecule has 1 unspecified atom stereocenters. The van der Waals surface area contributed by atoms with E-state index in [1.807, 2.05) is 0 Å². The fraction of sp³-hybridized carbons (Fsp3) is 0.636. The largest absolute Gasteiger partial charge is 0.398 e. The van der Waals surface area contributed by atoms with Crippen molar-refractivity contribution in [2.45, 2.75) is 37.8 Å². The summed E-state index contributed by atoms with van der Waals surface area (Å²) in [6, 6.07) is 1.64. The summed E-state index contributed by atoms with van der Waals surface area (Å²) in [4.78, 5) is 2.89. The first-order chi connectivity index (χ1) is 7.52. The molecular formula is C11H15F3N2. The van der Waals surface area contributed by atoms with Gasteiger partial charge >= 0.3 is 6.18 Å². The first-order valence-corrected chi connectivity index (χ1v) is 5.50. The molecule has 0 radical (unpaired) electrons. The third-order valence-electron chi connectivity index (χ3n) is 3.14. The van der Waals surface area contributed by atoms with Crippen LogP contribution in [0.2, 0.25) is 0 Å². The van der Waals surface area contributed by atoms with E-state index >= 15 is 0 Å². The van der Waals surface area contributed by atoms with Crippen LogP contribution >= 0.6 is 0 Å². The van der Waals surface area contributed by atoms with E-state index in [0.717, 1.165) is 36.9 Å². The molecule has 90 valence electrons. The highest BCUT2D eigenvalue weighted by Gasteiger charge is 2.40. The maximum absolute atomic E-state index is 12.7. The van der Waals surface area contributed by atoms with Crippen LogP contribution < -0.4 is 5.73 Å². The van der Waals surface area contributed by atoms with Crippen molar-refractivity contribution in [2.24, 2.45) is 5.73 Å². The lowest BCUT2D eigenvalue weighted by atomic mass is 9.97. The molecule has 0 aromatic carbocycles. The van der Waals surface area contributed by atoms with Crippen LogP contribution in [0.4, 0.5) is 13.2 Å². The minimum atomic E-state index is -4.26. The van der Waals surface area contributed by atoms with E-state index in [0.29, 0.717) is 0 Å². The zero-order valence-electron chi connectivity index (χ0n) is 8.90. The molecule has 1 aliphatic rings. The number of rotatable bonds is 2. The minimum Gasteiger partial charge on any atom is -0.361 e. The molecule has 0 bridgehead atoms. The Kier molecular flexibility index (Phi) is 2.97. The fourth-order valence-corrected chi connectivity index (χ4v) is 2.25. The van der Waals surface area contributed by atoms with Crippen molar-refractivity contribution < 1.29 is 13.2 Å². The number of halogens is 3. The van der Waals surface area contributed by atoms with E-state index in [1.165, 1.54) is 0 Å². The van der Waals surface area contributed by atoms with E-state index in [9.17, 15) is 13.2 Å². The summed E-state index contributed by atoms with van der Waals surface area (Å²) in [5.41, 5.74) is 7.43. The molecule has 3 N–H and O–H groups in total. The van der Waals surface area contributed by atoms with E-state index in [4.69, 9.17) is 5.73 Å². The van der Waals surface area contributed by atoms with Crippen LogP contribution in [0, 0.1) is 0 Å². The zero-order valence-corrected chi connectivity index (χ0v) is 8.90. The lowest BCUT2D eigenvalue weighted by Crippen LogP contribution is -2.28. The molecule has 1 heterocycles. The van der Waals surface area contributed by atoms with Gasteiger partial charge < -0.3 is 10.7 Å². The first kappa shape index (κ1) is 11.5. The highest BCUT2D eigenvalue weighted by atomic mass is 19.4. The Morgan fingerprint density at radius 3 is 2.56 bits per heavy atom. The van der Waals surface area contributed by atoms with Crippen molar-refractivity contribution in [3.63, 3.8) is 0 Å². The van der Waals surface area contributed by atoms with Gasteiger partial charge in [-0.25, -0.2) is 0 Å². The predicted octanol–water partition coefficient (Wildman–Crippen LogP) is 2.50. The van der Waals surface area contributed by atoms with Crippen LogP contribution in [0.3, 0.4) is 0 Å². The molecule has 0 fully saturated rings. The Hall–Kier alpha value is -0.970. The SMILES string of the molecule is NCC(c1cc2c([nH]1)CCCC2)C(F)(F)F. The molecule has 1 aliphatic carbocycles. The second kappa shape index (κ2) is 4.13. The van der Waals surface area contributed by atoms with Crippen LogP contribution in [-0.2, 0) is 12.8 Å². The summed E-state index contributed by atoms with van der Waals surface area (Å²) in [5.74, 6) is -1.56. The zero-order chi connectivity index (χ0) is 11.8. The van der Waals surface area contributed by atoms with Crippen molar-refractivity contribution >= 4 is 0 Å². The Morgan fingerprint density at radius 1 is 1.31 bits per heavy atom. The van der Waals surface area contributed by atoms with Crippen LogP contribution in [0.15, 0.2) is 6.07 Å². The molecule has 2 rings (SSSR count).